The quantitative estimate of drug-likeness (QED) is 0.296. The summed E-state index contributed by atoms with van der Waals surface area (Å²) in [5.74, 6) is 0.555. The molecule has 3 aromatic carbocycles. The molecule has 0 radical (unpaired) electrons. The van der Waals surface area contributed by atoms with Gasteiger partial charge in [0.25, 0.3) is 5.91 Å². The van der Waals surface area contributed by atoms with Gasteiger partial charge in [0, 0.05) is 11.1 Å². The molecule has 4 aromatic rings. The van der Waals surface area contributed by atoms with Gasteiger partial charge >= 0.3 is 0 Å². The van der Waals surface area contributed by atoms with Gasteiger partial charge in [-0.15, -0.1) is 0 Å². The largest absolute Gasteiger partial charge is 0.484 e. The zero-order valence-electron chi connectivity index (χ0n) is 19.4. The predicted octanol–water partition coefficient (Wildman–Crippen LogP) is 7.21. The Morgan fingerprint density at radius 3 is 2.40 bits per heavy atom. The summed E-state index contributed by atoms with van der Waals surface area (Å²) in [6.07, 6.45) is 1.26. The molecule has 4 rings (SSSR count). The lowest BCUT2D eigenvalue weighted by Gasteiger charge is -2.19. The maximum absolute atomic E-state index is 12.9. The second-order valence-electron chi connectivity index (χ2n) is 8.92. The van der Waals surface area contributed by atoms with Gasteiger partial charge in [-0.3, -0.25) is 9.59 Å². The van der Waals surface area contributed by atoms with E-state index in [0.717, 1.165) is 5.56 Å². The first-order chi connectivity index (χ1) is 16.6. The Balaban J connectivity index is 1.44. The van der Waals surface area contributed by atoms with E-state index >= 15 is 0 Å². The summed E-state index contributed by atoms with van der Waals surface area (Å²) in [7, 11) is 0. The molecular formula is C27H23Cl2NO5. The highest BCUT2D eigenvalue weighted by molar-refractivity contribution is 6.35. The second-order valence-corrected chi connectivity index (χ2v) is 9.77. The first-order valence-electron chi connectivity index (χ1n) is 10.8. The molecular weight excluding hydrogens is 489 g/mol. The lowest BCUT2D eigenvalue weighted by Crippen LogP contribution is -2.20. The van der Waals surface area contributed by atoms with Crippen LogP contribution < -0.4 is 20.2 Å². The maximum Gasteiger partial charge on any atom is 0.262 e. The number of carbonyl (C=O) groups is 1. The van der Waals surface area contributed by atoms with E-state index in [9.17, 15) is 9.59 Å². The van der Waals surface area contributed by atoms with Crippen LogP contribution in [0.4, 0.5) is 5.69 Å². The Kier molecular flexibility index (Phi) is 7.05. The highest BCUT2D eigenvalue weighted by atomic mass is 35.5. The van der Waals surface area contributed by atoms with E-state index in [1.54, 1.807) is 30.3 Å². The van der Waals surface area contributed by atoms with Gasteiger partial charge in [-0.1, -0.05) is 56.1 Å². The number of amides is 1. The number of fused-ring (bicyclic) bond motifs is 1. The van der Waals surface area contributed by atoms with Crippen molar-refractivity contribution >= 4 is 45.8 Å². The number of nitrogens with one attached hydrogen (secondary N) is 1. The molecule has 1 amide bonds. The van der Waals surface area contributed by atoms with E-state index in [-0.39, 0.29) is 23.2 Å². The van der Waals surface area contributed by atoms with Crippen LogP contribution in [0.5, 0.6) is 17.2 Å². The standard InChI is InChI=1S/C27H23Cl2NO5/c1-27(2,3)16-4-7-18(8-5-16)35-24-14-34-23-13-19(9-10-20(23)26(24)32)33-15-25(31)30-22-12-17(28)6-11-21(22)29/h4-14H,15H2,1-3H3,(H,30,31). The highest BCUT2D eigenvalue weighted by Gasteiger charge is 2.15. The van der Waals surface area contributed by atoms with Crippen molar-refractivity contribution in [2.45, 2.75) is 26.2 Å². The monoisotopic (exact) mass is 511 g/mol. The topological polar surface area (TPSA) is 77.8 Å². The van der Waals surface area contributed by atoms with Crippen molar-refractivity contribution < 1.29 is 18.7 Å². The van der Waals surface area contributed by atoms with Gasteiger partial charge in [-0.2, -0.15) is 0 Å². The molecule has 35 heavy (non-hydrogen) atoms. The van der Waals surface area contributed by atoms with Crippen LogP contribution in [-0.2, 0) is 10.2 Å². The van der Waals surface area contributed by atoms with Crippen molar-refractivity contribution in [2.24, 2.45) is 0 Å². The molecule has 0 saturated heterocycles. The van der Waals surface area contributed by atoms with Gasteiger partial charge in [-0.25, -0.2) is 0 Å². The summed E-state index contributed by atoms with van der Waals surface area (Å²) >= 11 is 12.0. The van der Waals surface area contributed by atoms with Gasteiger partial charge in [-0.05, 0) is 53.4 Å². The van der Waals surface area contributed by atoms with Crippen LogP contribution in [0.15, 0.2) is 76.1 Å². The minimum atomic E-state index is -0.419. The Morgan fingerprint density at radius 2 is 1.69 bits per heavy atom. The molecule has 8 heteroatoms. The molecule has 1 heterocycles. The Labute approximate surface area is 212 Å². The molecule has 1 N–H and O–H groups in total. The van der Waals surface area contributed by atoms with Gasteiger partial charge in [0.15, 0.2) is 6.61 Å². The smallest absolute Gasteiger partial charge is 0.262 e. The van der Waals surface area contributed by atoms with Crippen LogP contribution in [0.1, 0.15) is 26.3 Å². The van der Waals surface area contributed by atoms with E-state index in [2.05, 4.69) is 26.1 Å². The van der Waals surface area contributed by atoms with Crippen molar-refractivity contribution in [2.75, 3.05) is 11.9 Å². The molecule has 0 atom stereocenters. The van der Waals surface area contributed by atoms with Crippen LogP contribution in [-0.4, -0.2) is 12.5 Å². The Bertz CT molecular complexity index is 1440. The van der Waals surface area contributed by atoms with Crippen molar-refractivity contribution in [3.05, 3.63) is 92.8 Å². The molecule has 0 aliphatic rings. The number of halogens is 2. The fourth-order valence-electron chi connectivity index (χ4n) is 3.33. The molecule has 180 valence electrons. The van der Waals surface area contributed by atoms with Crippen molar-refractivity contribution in [1.29, 1.82) is 0 Å². The van der Waals surface area contributed by atoms with Crippen molar-refractivity contribution in [3.63, 3.8) is 0 Å². The van der Waals surface area contributed by atoms with Crippen LogP contribution in [0, 0.1) is 0 Å². The Hall–Kier alpha value is -3.48. The van der Waals surface area contributed by atoms with Gasteiger partial charge in [0.1, 0.15) is 23.3 Å². The predicted molar refractivity (Wildman–Crippen MR) is 138 cm³/mol. The van der Waals surface area contributed by atoms with E-state index in [0.29, 0.717) is 38.2 Å². The average molecular weight is 512 g/mol. The first kappa shape index (κ1) is 24.6. The molecule has 6 nitrogen and oxygen atoms in total. The molecule has 0 fully saturated rings. The van der Waals surface area contributed by atoms with Crippen LogP contribution >= 0.6 is 23.2 Å². The third-order valence-electron chi connectivity index (χ3n) is 5.24. The molecule has 0 spiro atoms. The fraction of sp³-hybridized carbons (Fsp3) is 0.185. The second kappa shape index (κ2) is 10.0. The minimum absolute atomic E-state index is 0.0171. The number of hydrogen-bond donors (Lipinski definition) is 1. The number of hydrogen-bond acceptors (Lipinski definition) is 5. The van der Waals surface area contributed by atoms with Crippen molar-refractivity contribution in [3.8, 4) is 17.2 Å². The summed E-state index contributed by atoms with van der Waals surface area (Å²) in [5, 5.41) is 3.77. The summed E-state index contributed by atoms with van der Waals surface area (Å²) in [6, 6.07) is 17.0. The number of rotatable bonds is 6. The van der Waals surface area contributed by atoms with Gasteiger partial charge < -0.3 is 19.2 Å². The van der Waals surface area contributed by atoms with Crippen molar-refractivity contribution in [1.82, 2.24) is 0 Å². The van der Waals surface area contributed by atoms with Crippen LogP contribution in [0.25, 0.3) is 11.0 Å². The van der Waals surface area contributed by atoms with Crippen LogP contribution in [0.2, 0.25) is 10.0 Å². The van der Waals surface area contributed by atoms with E-state index in [1.165, 1.54) is 12.3 Å². The van der Waals surface area contributed by atoms with Gasteiger partial charge in [0.05, 0.1) is 16.1 Å². The molecule has 0 aliphatic carbocycles. The maximum atomic E-state index is 12.9. The first-order valence-corrected chi connectivity index (χ1v) is 11.6. The summed E-state index contributed by atoms with van der Waals surface area (Å²) < 4.78 is 16.9. The average Bonchev–Trinajstić information content (AvgIpc) is 2.81. The Morgan fingerprint density at radius 1 is 0.971 bits per heavy atom. The van der Waals surface area contributed by atoms with E-state index in [1.807, 2.05) is 24.3 Å². The minimum Gasteiger partial charge on any atom is -0.484 e. The lowest BCUT2D eigenvalue weighted by atomic mass is 9.87. The summed E-state index contributed by atoms with van der Waals surface area (Å²) in [6.45, 7) is 6.10. The van der Waals surface area contributed by atoms with Gasteiger partial charge in [0.2, 0.25) is 11.2 Å². The van der Waals surface area contributed by atoms with E-state index < -0.39 is 5.91 Å². The third-order valence-corrected chi connectivity index (χ3v) is 5.80. The van der Waals surface area contributed by atoms with Crippen LogP contribution in [0.3, 0.4) is 0 Å². The number of benzene rings is 3. The zero-order chi connectivity index (χ0) is 25.2. The summed E-state index contributed by atoms with van der Waals surface area (Å²) in [5.41, 5.74) is 1.56. The molecule has 0 saturated carbocycles. The number of ether oxygens (including phenoxy) is 2. The zero-order valence-corrected chi connectivity index (χ0v) is 20.9. The normalized spacial score (nSPS) is 11.3. The third kappa shape index (κ3) is 5.96. The summed E-state index contributed by atoms with van der Waals surface area (Å²) in [4.78, 5) is 25.1. The molecule has 0 unspecified atom stereocenters. The molecule has 1 aromatic heterocycles. The highest BCUT2D eigenvalue weighted by Crippen LogP contribution is 2.28. The lowest BCUT2D eigenvalue weighted by molar-refractivity contribution is -0.118. The SMILES string of the molecule is CC(C)(C)c1ccc(Oc2coc3cc(OCC(=O)Nc4cc(Cl)ccc4Cl)ccc3c2=O)cc1. The molecule has 0 bridgehead atoms. The fourth-order valence-corrected chi connectivity index (χ4v) is 3.67. The molecule has 0 aliphatic heterocycles. The van der Waals surface area contributed by atoms with E-state index in [4.69, 9.17) is 37.1 Å². The number of carbonyl (C=O) groups excluding carboxylic acids is 1. The number of anilines is 1.